The van der Waals surface area contributed by atoms with E-state index in [0.717, 1.165) is 18.4 Å². The Bertz CT molecular complexity index is 493. The zero-order chi connectivity index (χ0) is 15.9. The van der Waals surface area contributed by atoms with E-state index in [1.165, 1.54) is 6.07 Å². The standard InChI is InChI=1S/C16H24N2O3/c1-5-6-7-10-21-15-11-13(12-17-16(2,3)4)8-9-14(15)18(19)20/h5,8-9,11,17H,1,6-7,10,12H2,2-4H3. The molecule has 0 atom stereocenters. The molecule has 0 fully saturated rings. The van der Waals surface area contributed by atoms with Gasteiger partial charge in [0.2, 0.25) is 0 Å². The Balaban J connectivity index is 2.79. The molecule has 0 aliphatic rings. The predicted molar refractivity (Wildman–Crippen MR) is 84.6 cm³/mol. The molecule has 0 bridgehead atoms. The number of hydrogen-bond acceptors (Lipinski definition) is 4. The van der Waals surface area contributed by atoms with E-state index < -0.39 is 4.92 Å². The van der Waals surface area contributed by atoms with Crippen molar-refractivity contribution in [3.8, 4) is 5.75 Å². The normalized spacial score (nSPS) is 11.2. The molecule has 1 aromatic rings. The molecule has 5 heteroatoms. The molecule has 0 saturated carbocycles. The van der Waals surface area contributed by atoms with E-state index in [9.17, 15) is 10.1 Å². The Morgan fingerprint density at radius 3 is 2.71 bits per heavy atom. The number of allylic oxidation sites excluding steroid dienone is 1. The maximum Gasteiger partial charge on any atom is 0.310 e. The Morgan fingerprint density at radius 1 is 1.43 bits per heavy atom. The van der Waals surface area contributed by atoms with Gasteiger partial charge in [-0.2, -0.15) is 0 Å². The fourth-order valence-corrected chi connectivity index (χ4v) is 1.71. The van der Waals surface area contributed by atoms with Crippen LogP contribution in [0.4, 0.5) is 5.69 Å². The molecular formula is C16H24N2O3. The van der Waals surface area contributed by atoms with Crippen LogP contribution in [0, 0.1) is 10.1 Å². The van der Waals surface area contributed by atoms with Gasteiger partial charge in [-0.15, -0.1) is 6.58 Å². The molecule has 5 nitrogen and oxygen atoms in total. The molecule has 0 radical (unpaired) electrons. The number of rotatable bonds is 8. The van der Waals surface area contributed by atoms with E-state index in [1.807, 2.05) is 0 Å². The third kappa shape index (κ3) is 6.40. The monoisotopic (exact) mass is 292 g/mol. The Morgan fingerprint density at radius 2 is 2.14 bits per heavy atom. The van der Waals surface area contributed by atoms with Crippen molar-refractivity contribution in [2.45, 2.75) is 45.7 Å². The minimum atomic E-state index is -0.413. The molecule has 0 aliphatic heterocycles. The van der Waals surface area contributed by atoms with Gasteiger partial charge in [-0.3, -0.25) is 10.1 Å². The largest absolute Gasteiger partial charge is 0.487 e. The van der Waals surface area contributed by atoms with Crippen LogP contribution in [0.3, 0.4) is 0 Å². The first-order valence-electron chi connectivity index (χ1n) is 7.09. The van der Waals surface area contributed by atoms with Gasteiger partial charge in [-0.05, 0) is 45.2 Å². The summed E-state index contributed by atoms with van der Waals surface area (Å²) in [5.74, 6) is 0.331. The third-order valence-electron chi connectivity index (χ3n) is 2.85. The molecule has 1 rings (SSSR count). The quantitative estimate of drug-likeness (QED) is 0.342. The number of unbranched alkanes of at least 4 members (excludes halogenated alkanes) is 1. The number of ether oxygens (including phenoxy) is 1. The summed E-state index contributed by atoms with van der Waals surface area (Å²) in [6, 6.07) is 5.00. The molecular weight excluding hydrogens is 268 g/mol. The maximum atomic E-state index is 11.0. The SMILES string of the molecule is C=CCCCOc1cc(CNC(C)(C)C)ccc1[N+](=O)[O-]. The topological polar surface area (TPSA) is 64.4 Å². The van der Waals surface area contributed by atoms with E-state index >= 15 is 0 Å². The molecule has 1 aromatic carbocycles. The number of nitro groups is 1. The number of hydrogen-bond donors (Lipinski definition) is 1. The highest BCUT2D eigenvalue weighted by Crippen LogP contribution is 2.28. The van der Waals surface area contributed by atoms with Gasteiger partial charge in [0.1, 0.15) is 0 Å². The summed E-state index contributed by atoms with van der Waals surface area (Å²) in [7, 11) is 0. The Labute approximate surface area is 126 Å². The zero-order valence-electron chi connectivity index (χ0n) is 13.0. The van der Waals surface area contributed by atoms with E-state index in [4.69, 9.17) is 4.74 Å². The number of nitrogens with zero attached hydrogens (tertiary/aromatic N) is 1. The van der Waals surface area contributed by atoms with Gasteiger partial charge < -0.3 is 10.1 Å². The first kappa shape index (κ1) is 17.2. The average Bonchev–Trinajstić information content (AvgIpc) is 2.40. The molecule has 0 heterocycles. The van der Waals surface area contributed by atoms with Crippen molar-refractivity contribution in [1.29, 1.82) is 0 Å². The summed E-state index contributed by atoms with van der Waals surface area (Å²) in [6.07, 6.45) is 3.44. The maximum absolute atomic E-state index is 11.0. The average molecular weight is 292 g/mol. The number of nitrogens with one attached hydrogen (secondary N) is 1. The van der Waals surface area contributed by atoms with Crippen molar-refractivity contribution in [3.05, 3.63) is 46.5 Å². The number of benzene rings is 1. The minimum Gasteiger partial charge on any atom is -0.487 e. The lowest BCUT2D eigenvalue weighted by Crippen LogP contribution is -2.35. The van der Waals surface area contributed by atoms with Crippen molar-refractivity contribution in [1.82, 2.24) is 5.32 Å². The van der Waals surface area contributed by atoms with E-state index in [-0.39, 0.29) is 11.2 Å². The summed E-state index contributed by atoms with van der Waals surface area (Å²) >= 11 is 0. The lowest BCUT2D eigenvalue weighted by atomic mass is 10.1. The molecule has 0 amide bonds. The van der Waals surface area contributed by atoms with Crippen molar-refractivity contribution < 1.29 is 9.66 Å². The van der Waals surface area contributed by atoms with Crippen LogP contribution in [0.5, 0.6) is 5.75 Å². The van der Waals surface area contributed by atoms with Gasteiger partial charge >= 0.3 is 5.69 Å². The summed E-state index contributed by atoms with van der Waals surface area (Å²) < 4.78 is 5.56. The van der Waals surface area contributed by atoms with Crippen LogP contribution in [-0.4, -0.2) is 17.1 Å². The minimum absolute atomic E-state index is 0.00719. The molecule has 0 aliphatic carbocycles. The van der Waals surface area contributed by atoms with Crippen molar-refractivity contribution in [2.75, 3.05) is 6.61 Å². The Kier molecular flexibility index (Phi) is 6.37. The molecule has 1 N–H and O–H groups in total. The molecule has 0 saturated heterocycles. The lowest BCUT2D eigenvalue weighted by molar-refractivity contribution is -0.385. The van der Waals surface area contributed by atoms with Gasteiger partial charge in [-0.25, -0.2) is 0 Å². The number of nitro benzene ring substituents is 1. The first-order chi connectivity index (χ1) is 9.83. The highest BCUT2D eigenvalue weighted by molar-refractivity contribution is 5.48. The van der Waals surface area contributed by atoms with E-state index in [0.29, 0.717) is 18.9 Å². The predicted octanol–water partition coefficient (Wildman–Crippen LogP) is 3.83. The van der Waals surface area contributed by atoms with Crippen LogP contribution in [0.15, 0.2) is 30.9 Å². The molecule has 0 unspecified atom stereocenters. The fraction of sp³-hybridized carbons (Fsp3) is 0.500. The summed E-state index contributed by atoms with van der Waals surface area (Å²) in [6.45, 7) is 11.0. The Hall–Kier alpha value is -1.88. The molecule has 0 aromatic heterocycles. The fourth-order valence-electron chi connectivity index (χ4n) is 1.71. The van der Waals surface area contributed by atoms with Gasteiger partial charge in [-0.1, -0.05) is 12.1 Å². The van der Waals surface area contributed by atoms with Crippen molar-refractivity contribution in [2.24, 2.45) is 0 Å². The lowest BCUT2D eigenvalue weighted by Gasteiger charge is -2.20. The van der Waals surface area contributed by atoms with Crippen LogP contribution in [0.2, 0.25) is 0 Å². The second kappa shape index (κ2) is 7.78. The third-order valence-corrected chi connectivity index (χ3v) is 2.85. The second-order valence-electron chi connectivity index (χ2n) is 5.94. The van der Waals surface area contributed by atoms with Crippen LogP contribution in [0.25, 0.3) is 0 Å². The van der Waals surface area contributed by atoms with Gasteiger partial charge in [0.05, 0.1) is 11.5 Å². The van der Waals surface area contributed by atoms with Crippen LogP contribution in [-0.2, 0) is 6.54 Å². The van der Waals surface area contributed by atoms with Crippen LogP contribution in [0.1, 0.15) is 39.2 Å². The summed E-state index contributed by atoms with van der Waals surface area (Å²) in [4.78, 5) is 10.6. The van der Waals surface area contributed by atoms with E-state index in [1.54, 1.807) is 18.2 Å². The summed E-state index contributed by atoms with van der Waals surface area (Å²) in [5, 5.41) is 14.4. The van der Waals surface area contributed by atoms with Gasteiger partial charge in [0.25, 0.3) is 0 Å². The first-order valence-corrected chi connectivity index (χ1v) is 7.09. The summed E-state index contributed by atoms with van der Waals surface area (Å²) in [5.41, 5.74) is 0.967. The highest BCUT2D eigenvalue weighted by Gasteiger charge is 2.16. The van der Waals surface area contributed by atoms with Gasteiger partial charge in [0.15, 0.2) is 5.75 Å². The molecule has 116 valence electrons. The molecule has 21 heavy (non-hydrogen) atoms. The highest BCUT2D eigenvalue weighted by atomic mass is 16.6. The van der Waals surface area contributed by atoms with Crippen LogP contribution >= 0.6 is 0 Å². The smallest absolute Gasteiger partial charge is 0.310 e. The molecule has 0 spiro atoms. The van der Waals surface area contributed by atoms with E-state index in [2.05, 4.69) is 32.7 Å². The van der Waals surface area contributed by atoms with Crippen molar-refractivity contribution >= 4 is 5.69 Å². The van der Waals surface area contributed by atoms with Crippen molar-refractivity contribution in [3.63, 3.8) is 0 Å². The zero-order valence-corrected chi connectivity index (χ0v) is 13.0. The second-order valence-corrected chi connectivity index (χ2v) is 5.94. The van der Waals surface area contributed by atoms with Crippen LogP contribution < -0.4 is 10.1 Å². The van der Waals surface area contributed by atoms with Gasteiger partial charge in [0, 0.05) is 18.2 Å².